The second-order valence-electron chi connectivity index (χ2n) is 6.33. The summed E-state index contributed by atoms with van der Waals surface area (Å²) in [6.07, 6.45) is 0.826. The van der Waals surface area contributed by atoms with E-state index in [4.69, 9.17) is 0 Å². The predicted octanol–water partition coefficient (Wildman–Crippen LogP) is 3.23. The van der Waals surface area contributed by atoms with Crippen molar-refractivity contribution < 1.29 is 4.79 Å². The molecule has 2 rings (SSSR count). The second kappa shape index (κ2) is 8.33. The summed E-state index contributed by atoms with van der Waals surface area (Å²) in [4.78, 5) is 29.4. The maximum absolute atomic E-state index is 12.8. The number of para-hydroxylation sites is 1. The molecule has 1 amide bonds. The third-order valence-electron chi connectivity index (χ3n) is 3.85. The Balaban J connectivity index is 2.30. The summed E-state index contributed by atoms with van der Waals surface area (Å²) in [7, 11) is 0. The lowest BCUT2D eigenvalue weighted by Gasteiger charge is -2.18. The molecule has 0 aliphatic carbocycles. The van der Waals surface area contributed by atoms with Crippen LogP contribution in [0.25, 0.3) is 10.9 Å². The normalized spacial score (nSPS) is 12.5. The molecule has 0 spiro atoms. The molecule has 0 saturated carbocycles. The smallest absolute Gasteiger partial charge is 0.262 e. The molecule has 1 atom stereocenters. The van der Waals surface area contributed by atoms with Gasteiger partial charge in [-0.2, -0.15) is 0 Å². The molecule has 5 nitrogen and oxygen atoms in total. The summed E-state index contributed by atoms with van der Waals surface area (Å²) >= 11 is 1.32. The Labute approximate surface area is 146 Å². The van der Waals surface area contributed by atoms with Crippen molar-refractivity contribution in [3.63, 3.8) is 0 Å². The van der Waals surface area contributed by atoms with Crippen molar-refractivity contribution in [2.24, 2.45) is 5.92 Å². The molecule has 6 heteroatoms. The van der Waals surface area contributed by atoms with Gasteiger partial charge in [0.15, 0.2) is 5.16 Å². The Hall–Kier alpha value is -1.82. The van der Waals surface area contributed by atoms with Gasteiger partial charge in [-0.25, -0.2) is 4.98 Å². The monoisotopic (exact) mass is 347 g/mol. The molecule has 1 unspecified atom stereocenters. The number of amides is 1. The van der Waals surface area contributed by atoms with Crippen molar-refractivity contribution in [1.82, 2.24) is 14.9 Å². The van der Waals surface area contributed by atoms with Crippen molar-refractivity contribution in [3.05, 3.63) is 34.6 Å². The van der Waals surface area contributed by atoms with Gasteiger partial charge in [0.25, 0.3) is 5.56 Å². The number of hydrogen-bond donors (Lipinski definition) is 1. The molecule has 1 heterocycles. The minimum absolute atomic E-state index is 0.0354. The number of fused-ring (bicyclic) bond motifs is 1. The van der Waals surface area contributed by atoms with Gasteiger partial charge in [-0.3, -0.25) is 14.2 Å². The fourth-order valence-electron chi connectivity index (χ4n) is 2.30. The number of carbonyl (C=O) groups is 1. The molecular formula is C18H25N3O2S. The highest BCUT2D eigenvalue weighted by Crippen LogP contribution is 2.22. The van der Waals surface area contributed by atoms with E-state index in [0.717, 1.165) is 6.42 Å². The van der Waals surface area contributed by atoms with Crippen LogP contribution in [-0.2, 0) is 4.79 Å². The number of nitrogens with one attached hydrogen (secondary N) is 1. The zero-order chi connectivity index (χ0) is 17.7. The Morgan fingerprint density at radius 2 is 2.00 bits per heavy atom. The Morgan fingerprint density at radius 3 is 2.67 bits per heavy atom. The number of thioether (sulfide) groups is 1. The first-order valence-corrected chi connectivity index (χ1v) is 9.33. The molecule has 0 fully saturated rings. The quantitative estimate of drug-likeness (QED) is 0.617. The van der Waals surface area contributed by atoms with Gasteiger partial charge >= 0.3 is 0 Å². The molecule has 2 aromatic rings. The van der Waals surface area contributed by atoms with Crippen molar-refractivity contribution in [1.29, 1.82) is 0 Å². The third-order valence-corrected chi connectivity index (χ3v) is 4.80. The number of carbonyl (C=O) groups excluding carboxylic acids is 1. The van der Waals surface area contributed by atoms with E-state index in [1.165, 1.54) is 11.8 Å². The van der Waals surface area contributed by atoms with Gasteiger partial charge in [0.2, 0.25) is 5.91 Å². The lowest BCUT2D eigenvalue weighted by molar-refractivity contribution is -0.118. The topological polar surface area (TPSA) is 64.0 Å². The van der Waals surface area contributed by atoms with E-state index < -0.39 is 0 Å². The summed E-state index contributed by atoms with van der Waals surface area (Å²) in [5.74, 6) is 0.636. The molecule has 1 N–H and O–H groups in total. The maximum Gasteiger partial charge on any atom is 0.262 e. The van der Waals surface area contributed by atoms with Crippen molar-refractivity contribution in [3.8, 4) is 0 Å². The Morgan fingerprint density at radius 1 is 1.29 bits per heavy atom. The molecule has 0 aliphatic rings. The minimum Gasteiger partial charge on any atom is -0.355 e. The average Bonchev–Trinajstić information content (AvgIpc) is 2.57. The second-order valence-corrected chi connectivity index (χ2v) is 7.27. The largest absolute Gasteiger partial charge is 0.355 e. The van der Waals surface area contributed by atoms with Crippen LogP contribution in [0.5, 0.6) is 0 Å². The first-order valence-electron chi connectivity index (χ1n) is 8.34. The van der Waals surface area contributed by atoms with Gasteiger partial charge in [0.05, 0.1) is 16.7 Å². The predicted molar refractivity (Wildman–Crippen MR) is 99.6 cm³/mol. The summed E-state index contributed by atoms with van der Waals surface area (Å²) in [5.41, 5.74) is 0.632. The molecule has 130 valence electrons. The highest BCUT2D eigenvalue weighted by Gasteiger charge is 2.16. The standard InChI is InChI=1S/C18H25N3O2S/c1-5-13(4)21-17(23)14-8-6-7-9-15(14)20-18(21)24-11-16(22)19-10-12(2)3/h6-9,12-13H,5,10-11H2,1-4H3,(H,19,22). The van der Waals surface area contributed by atoms with Gasteiger partial charge in [0, 0.05) is 12.6 Å². The van der Waals surface area contributed by atoms with Crippen molar-refractivity contribution >= 4 is 28.6 Å². The highest BCUT2D eigenvalue weighted by atomic mass is 32.2. The Kier molecular flexibility index (Phi) is 6.43. The third kappa shape index (κ3) is 4.38. The van der Waals surface area contributed by atoms with Crippen LogP contribution in [0, 0.1) is 5.92 Å². The van der Waals surface area contributed by atoms with Gasteiger partial charge in [0.1, 0.15) is 0 Å². The van der Waals surface area contributed by atoms with E-state index in [0.29, 0.717) is 28.5 Å². The zero-order valence-electron chi connectivity index (χ0n) is 14.7. The molecule has 0 saturated heterocycles. The van der Waals surface area contributed by atoms with E-state index in [2.05, 4.69) is 24.1 Å². The molecule has 24 heavy (non-hydrogen) atoms. The highest BCUT2D eigenvalue weighted by molar-refractivity contribution is 7.99. The van der Waals surface area contributed by atoms with Crippen LogP contribution in [0.15, 0.2) is 34.2 Å². The fourth-order valence-corrected chi connectivity index (χ4v) is 3.22. The Bertz CT molecular complexity index is 770. The van der Waals surface area contributed by atoms with Gasteiger partial charge in [-0.15, -0.1) is 0 Å². The van der Waals surface area contributed by atoms with E-state index >= 15 is 0 Å². The van der Waals surface area contributed by atoms with Crippen LogP contribution in [-0.4, -0.2) is 27.8 Å². The number of rotatable bonds is 7. The summed E-state index contributed by atoms with van der Waals surface area (Å²) < 4.78 is 1.71. The molecule has 1 aromatic carbocycles. The summed E-state index contributed by atoms with van der Waals surface area (Å²) in [6, 6.07) is 7.38. The number of benzene rings is 1. The molecule has 0 aliphatic heterocycles. The SMILES string of the molecule is CCC(C)n1c(SCC(=O)NCC(C)C)nc2ccccc2c1=O. The van der Waals surface area contributed by atoms with E-state index in [1.54, 1.807) is 10.6 Å². The minimum atomic E-state index is -0.0416. The molecule has 1 aromatic heterocycles. The molecule has 0 bridgehead atoms. The number of aromatic nitrogens is 2. The van der Waals surface area contributed by atoms with Crippen LogP contribution >= 0.6 is 11.8 Å². The summed E-state index contributed by atoms with van der Waals surface area (Å²) in [6.45, 7) is 8.80. The number of nitrogens with zero attached hydrogens (tertiary/aromatic N) is 2. The van der Waals surface area contributed by atoms with Crippen LogP contribution in [0.4, 0.5) is 0 Å². The molecule has 0 radical (unpaired) electrons. The van der Waals surface area contributed by atoms with E-state index in [9.17, 15) is 9.59 Å². The van der Waals surface area contributed by atoms with Crippen LogP contribution in [0.2, 0.25) is 0 Å². The number of hydrogen-bond acceptors (Lipinski definition) is 4. The first kappa shape index (κ1) is 18.5. The van der Waals surface area contributed by atoms with Gasteiger partial charge in [-0.05, 0) is 31.4 Å². The molecular weight excluding hydrogens is 322 g/mol. The van der Waals surface area contributed by atoms with Crippen molar-refractivity contribution in [2.75, 3.05) is 12.3 Å². The van der Waals surface area contributed by atoms with Gasteiger partial charge < -0.3 is 5.32 Å². The lowest BCUT2D eigenvalue weighted by Crippen LogP contribution is -2.30. The fraction of sp³-hybridized carbons (Fsp3) is 0.500. The van der Waals surface area contributed by atoms with Crippen LogP contribution in [0.3, 0.4) is 0 Å². The lowest BCUT2D eigenvalue weighted by atomic mass is 10.2. The van der Waals surface area contributed by atoms with Crippen molar-refractivity contribution in [2.45, 2.75) is 45.3 Å². The first-order chi connectivity index (χ1) is 11.4. The summed E-state index contributed by atoms with van der Waals surface area (Å²) in [5, 5.41) is 4.11. The van der Waals surface area contributed by atoms with Crippen LogP contribution in [0.1, 0.15) is 40.2 Å². The maximum atomic E-state index is 12.8. The van der Waals surface area contributed by atoms with Gasteiger partial charge in [-0.1, -0.05) is 44.7 Å². The van der Waals surface area contributed by atoms with Crippen LogP contribution < -0.4 is 10.9 Å². The average molecular weight is 347 g/mol. The zero-order valence-corrected chi connectivity index (χ0v) is 15.5. The van der Waals surface area contributed by atoms with E-state index in [-0.39, 0.29) is 23.3 Å². The van der Waals surface area contributed by atoms with E-state index in [1.807, 2.05) is 32.0 Å².